The molecule has 0 spiro atoms. The summed E-state index contributed by atoms with van der Waals surface area (Å²) in [5, 5.41) is 0. The summed E-state index contributed by atoms with van der Waals surface area (Å²) >= 11 is 0. The molecule has 130 valence electrons. The monoisotopic (exact) mass is 339 g/mol. The first-order valence-corrected chi connectivity index (χ1v) is 9.63. The van der Waals surface area contributed by atoms with Gasteiger partial charge in [-0.25, -0.2) is 0 Å². The highest BCUT2D eigenvalue weighted by Crippen LogP contribution is 2.51. The molecule has 0 aromatic heterocycles. The number of primary amides is 1. The van der Waals surface area contributed by atoms with Crippen molar-refractivity contribution in [2.45, 2.75) is 32.6 Å². The van der Waals surface area contributed by atoms with Crippen LogP contribution in [-0.4, -0.2) is 32.6 Å². The maximum absolute atomic E-state index is 8.58. The molecule has 1 atom stereocenters. The molecule has 0 radical (unpaired) electrons. The molecule has 0 aliphatic heterocycles. The summed E-state index contributed by atoms with van der Waals surface area (Å²) in [5.41, 5.74) is 6.68. The summed E-state index contributed by atoms with van der Waals surface area (Å²) in [7, 11) is 1.55. The van der Waals surface area contributed by atoms with Gasteiger partial charge in [0.05, 0.1) is 0 Å². The van der Waals surface area contributed by atoms with Crippen molar-refractivity contribution in [3.63, 3.8) is 0 Å². The summed E-state index contributed by atoms with van der Waals surface area (Å²) in [6, 6.07) is 10.5. The van der Waals surface area contributed by atoms with E-state index in [4.69, 9.17) is 13.8 Å². The molecule has 23 heavy (non-hydrogen) atoms. The Labute approximate surface area is 140 Å². The molecule has 1 rings (SSSR count). The van der Waals surface area contributed by atoms with Gasteiger partial charge in [-0.2, -0.15) is 0 Å². The van der Waals surface area contributed by atoms with Crippen LogP contribution in [0.5, 0.6) is 0 Å². The van der Waals surface area contributed by atoms with E-state index < -0.39 is 7.34 Å². The van der Waals surface area contributed by atoms with Gasteiger partial charge < -0.3 is 14.8 Å². The fourth-order valence-electron chi connectivity index (χ4n) is 2.53. The second kappa shape index (κ2) is 12.1. The van der Waals surface area contributed by atoms with Gasteiger partial charge in [0.2, 0.25) is 6.41 Å². The van der Waals surface area contributed by atoms with Gasteiger partial charge in [0.15, 0.2) is 0 Å². The van der Waals surface area contributed by atoms with Crippen molar-refractivity contribution in [2.24, 2.45) is 5.73 Å². The lowest BCUT2D eigenvalue weighted by Crippen LogP contribution is -2.08. The quantitative estimate of drug-likeness (QED) is 0.439. The van der Waals surface area contributed by atoms with Crippen LogP contribution < -0.4 is 5.73 Å². The molecule has 0 bridgehead atoms. The van der Waals surface area contributed by atoms with Crippen LogP contribution in [0.4, 0.5) is 0 Å². The molecule has 2 N–H and O–H groups in total. The van der Waals surface area contributed by atoms with Gasteiger partial charge in [-0.05, 0) is 24.2 Å². The Balaban J connectivity index is 0.00000149. The fourth-order valence-corrected chi connectivity index (χ4v) is 4.71. The largest absolute Gasteiger partial charge is 0.372 e. The summed E-state index contributed by atoms with van der Waals surface area (Å²) < 4.78 is 11.4. The predicted octanol–water partition coefficient (Wildman–Crippen LogP) is 4.19. The molecule has 0 unspecified atom stereocenters. The molecular formula is C18H30NO3P. The molecule has 0 fully saturated rings. The van der Waals surface area contributed by atoms with E-state index in [0.717, 1.165) is 19.0 Å². The number of hydrogen-bond donors (Lipinski definition) is 1. The standard InChI is InChI=1S/C17H27O2P.CH3NO/c1-6-13-20(18-4,19-5)14-15(3)17(7-2)16-11-9-8-10-12-16;2-1-3/h8-13,17H,3,6-7,14H2,1-2,4-5H3;1H,(H2,2,3)/t17-;/m0./s1. The van der Waals surface area contributed by atoms with Crippen molar-refractivity contribution in [3.8, 4) is 0 Å². The lowest BCUT2D eigenvalue weighted by atomic mass is 9.91. The van der Waals surface area contributed by atoms with E-state index in [9.17, 15) is 0 Å². The van der Waals surface area contributed by atoms with Gasteiger partial charge in [-0.3, -0.25) is 4.79 Å². The van der Waals surface area contributed by atoms with Crippen molar-refractivity contribution < 1.29 is 13.8 Å². The first-order chi connectivity index (χ1) is 11.0. The minimum atomic E-state index is -1.93. The molecule has 0 aliphatic carbocycles. The molecule has 1 aromatic carbocycles. The lowest BCUT2D eigenvalue weighted by Gasteiger charge is -2.27. The second-order valence-electron chi connectivity index (χ2n) is 5.01. The number of hydrogen-bond acceptors (Lipinski definition) is 3. The molecule has 0 saturated heterocycles. The maximum atomic E-state index is 8.58. The zero-order valence-electron chi connectivity index (χ0n) is 14.7. The summed E-state index contributed by atoms with van der Waals surface area (Å²) in [5.74, 6) is 2.54. The zero-order valence-corrected chi connectivity index (χ0v) is 15.6. The van der Waals surface area contributed by atoms with Crippen molar-refractivity contribution in [2.75, 3.05) is 20.4 Å². The van der Waals surface area contributed by atoms with Gasteiger partial charge >= 0.3 is 0 Å². The van der Waals surface area contributed by atoms with Crippen LogP contribution in [0.3, 0.4) is 0 Å². The fraction of sp³-hybridized carbons (Fsp3) is 0.444. The van der Waals surface area contributed by atoms with Crippen LogP contribution in [0.15, 0.2) is 42.5 Å². The van der Waals surface area contributed by atoms with Gasteiger partial charge in [0, 0.05) is 26.3 Å². The number of allylic oxidation sites excluding steroid dienone is 1. The number of rotatable bonds is 8. The summed E-state index contributed by atoms with van der Waals surface area (Å²) in [4.78, 5) is 8.58. The van der Waals surface area contributed by atoms with Crippen LogP contribution in [0.1, 0.15) is 38.2 Å². The van der Waals surface area contributed by atoms with E-state index in [-0.39, 0.29) is 6.41 Å². The number of carbonyl (C=O) groups is 1. The predicted molar refractivity (Wildman–Crippen MR) is 101 cm³/mol. The first-order valence-electron chi connectivity index (χ1n) is 7.75. The zero-order chi connectivity index (χ0) is 17.7. The Bertz CT molecular complexity index is 506. The smallest absolute Gasteiger partial charge is 0.204 e. The Morgan fingerprint density at radius 3 is 2.17 bits per heavy atom. The molecular weight excluding hydrogens is 309 g/mol. The summed E-state index contributed by atoms with van der Waals surface area (Å²) in [6.07, 6.45) is 3.04. The lowest BCUT2D eigenvalue weighted by molar-refractivity contribution is -0.106. The molecule has 4 nitrogen and oxygen atoms in total. The number of benzene rings is 1. The Morgan fingerprint density at radius 2 is 1.78 bits per heavy atom. The van der Waals surface area contributed by atoms with Crippen molar-refractivity contribution >= 4 is 19.5 Å². The van der Waals surface area contributed by atoms with E-state index in [1.807, 2.05) is 6.07 Å². The average molecular weight is 339 g/mol. The number of amides is 1. The Kier molecular flexibility index (Phi) is 11.4. The Hall–Kier alpha value is -1.35. The van der Waals surface area contributed by atoms with Gasteiger partial charge in [0.25, 0.3) is 0 Å². The normalized spacial score (nSPS) is 11.8. The minimum Gasteiger partial charge on any atom is -0.372 e. The van der Waals surface area contributed by atoms with Crippen molar-refractivity contribution in [3.05, 3.63) is 48.0 Å². The third kappa shape index (κ3) is 7.17. The second-order valence-corrected chi connectivity index (χ2v) is 7.87. The average Bonchev–Trinajstić information content (AvgIpc) is 2.57. The highest BCUT2D eigenvalue weighted by Gasteiger charge is 2.22. The molecule has 1 aromatic rings. The van der Waals surface area contributed by atoms with Crippen LogP contribution in [-0.2, 0) is 13.8 Å². The van der Waals surface area contributed by atoms with Crippen LogP contribution in [0.25, 0.3) is 0 Å². The van der Waals surface area contributed by atoms with E-state index in [0.29, 0.717) is 5.92 Å². The highest BCUT2D eigenvalue weighted by molar-refractivity contribution is 7.66. The van der Waals surface area contributed by atoms with E-state index in [1.165, 1.54) is 11.1 Å². The van der Waals surface area contributed by atoms with Crippen molar-refractivity contribution in [1.29, 1.82) is 0 Å². The molecule has 0 heterocycles. The summed E-state index contributed by atoms with van der Waals surface area (Å²) in [6.45, 7) is 8.63. The molecule has 1 amide bonds. The van der Waals surface area contributed by atoms with E-state index >= 15 is 0 Å². The third-order valence-electron chi connectivity index (χ3n) is 3.61. The van der Waals surface area contributed by atoms with Crippen LogP contribution in [0, 0.1) is 0 Å². The topological polar surface area (TPSA) is 61.6 Å². The van der Waals surface area contributed by atoms with E-state index in [2.05, 4.69) is 56.2 Å². The Morgan fingerprint density at radius 1 is 1.26 bits per heavy atom. The molecule has 0 saturated carbocycles. The number of carbonyl (C=O) groups excluding carboxylic acids is 1. The maximum Gasteiger partial charge on any atom is 0.204 e. The van der Waals surface area contributed by atoms with E-state index in [1.54, 1.807) is 14.2 Å². The highest BCUT2D eigenvalue weighted by atomic mass is 31.2. The minimum absolute atomic E-state index is 0.250. The first kappa shape index (κ1) is 21.6. The van der Waals surface area contributed by atoms with Crippen molar-refractivity contribution in [1.82, 2.24) is 0 Å². The number of nitrogens with two attached hydrogens (primary N) is 1. The molecule has 5 heteroatoms. The third-order valence-corrected chi connectivity index (χ3v) is 6.61. The molecule has 0 aliphatic rings. The van der Waals surface area contributed by atoms with Gasteiger partial charge in [0.1, 0.15) is 7.34 Å². The van der Waals surface area contributed by atoms with Crippen LogP contribution in [0.2, 0.25) is 0 Å². The van der Waals surface area contributed by atoms with Gasteiger partial charge in [-0.15, -0.1) is 0 Å². The van der Waals surface area contributed by atoms with Crippen LogP contribution >= 0.6 is 7.34 Å². The van der Waals surface area contributed by atoms with Gasteiger partial charge in [-0.1, -0.05) is 56.3 Å². The SMILES string of the molecule is C=C(CP(=CCC)(OC)OC)[C@H](CC)c1ccccc1.NC=O.